The van der Waals surface area contributed by atoms with Crippen LogP contribution in [0.5, 0.6) is 0 Å². The Hall–Kier alpha value is -0.460. The van der Waals surface area contributed by atoms with Gasteiger partial charge in [-0.25, -0.2) is 4.39 Å². The van der Waals surface area contributed by atoms with Crippen molar-refractivity contribution in [2.24, 2.45) is 0 Å². The summed E-state index contributed by atoms with van der Waals surface area (Å²) in [5, 5.41) is 0. The molecule has 0 spiro atoms. The first-order valence-corrected chi connectivity index (χ1v) is 2.35. The van der Waals surface area contributed by atoms with Crippen LogP contribution < -0.4 is 0 Å². The Morgan fingerprint density at radius 3 is 1.55 bits per heavy atom. The highest BCUT2D eigenvalue weighted by Gasteiger charge is 2.64. The quantitative estimate of drug-likeness (QED) is 0.594. The fraction of sp³-hybridized carbons (Fsp3) is 1.00. The molecule has 11 heavy (non-hydrogen) atoms. The molecule has 0 saturated carbocycles. The molecule has 0 aromatic rings. The average molecular weight is 182 g/mol. The molecule has 0 radical (unpaired) electrons. The molecule has 0 aliphatic rings. The van der Waals surface area contributed by atoms with E-state index in [9.17, 15) is 26.3 Å². The predicted octanol–water partition coefficient (Wildman–Crippen LogP) is 2.13. The van der Waals surface area contributed by atoms with Gasteiger partial charge in [-0.3, -0.25) is 0 Å². The van der Waals surface area contributed by atoms with Gasteiger partial charge in [-0.1, -0.05) is 0 Å². The molecular weight excluding hydrogens is 178 g/mol. The number of methoxy groups -OCH3 is 1. The summed E-state index contributed by atoms with van der Waals surface area (Å²) < 4.78 is 71.9. The highest BCUT2D eigenvalue weighted by Crippen LogP contribution is 2.39. The molecule has 0 rings (SSSR count). The van der Waals surface area contributed by atoms with Crippen LogP contribution in [0.2, 0.25) is 0 Å². The van der Waals surface area contributed by atoms with Gasteiger partial charge in [0.05, 0.1) is 0 Å². The molecule has 0 amide bonds. The highest BCUT2D eigenvalue weighted by molar-refractivity contribution is 4.78. The standard InChI is InChI=1S/C4H4F6O/c1-11-2(5)3(6,7)4(8,9)10/h2H,1H3. The predicted molar refractivity (Wildman–Crippen MR) is 22.9 cm³/mol. The summed E-state index contributed by atoms with van der Waals surface area (Å²) in [7, 11) is 0.421. The second kappa shape index (κ2) is 2.88. The summed E-state index contributed by atoms with van der Waals surface area (Å²) in [6.07, 6.45) is -9.56. The Kier molecular flexibility index (Phi) is 2.76. The molecule has 0 saturated heterocycles. The smallest absolute Gasteiger partial charge is 0.347 e. The van der Waals surface area contributed by atoms with E-state index in [1.807, 2.05) is 0 Å². The van der Waals surface area contributed by atoms with Gasteiger partial charge in [0, 0.05) is 7.11 Å². The van der Waals surface area contributed by atoms with Crippen molar-refractivity contribution in [3.63, 3.8) is 0 Å². The third kappa shape index (κ3) is 1.98. The molecule has 7 heteroatoms. The third-order valence-electron chi connectivity index (χ3n) is 0.870. The van der Waals surface area contributed by atoms with Crippen molar-refractivity contribution in [2.45, 2.75) is 18.5 Å². The van der Waals surface area contributed by atoms with Crippen LogP contribution in [0.3, 0.4) is 0 Å². The van der Waals surface area contributed by atoms with E-state index >= 15 is 0 Å². The van der Waals surface area contributed by atoms with Gasteiger partial charge in [0.2, 0.25) is 0 Å². The lowest BCUT2D eigenvalue weighted by molar-refractivity contribution is -0.337. The summed E-state index contributed by atoms with van der Waals surface area (Å²) in [5.41, 5.74) is 0. The largest absolute Gasteiger partial charge is 0.459 e. The minimum absolute atomic E-state index is 0.421. The molecule has 0 fully saturated rings. The normalized spacial score (nSPS) is 16.6. The molecule has 1 unspecified atom stereocenters. The first-order chi connectivity index (χ1) is 4.73. The van der Waals surface area contributed by atoms with Crippen LogP contribution in [-0.2, 0) is 4.74 Å². The highest BCUT2D eigenvalue weighted by atomic mass is 19.4. The molecule has 68 valence electrons. The van der Waals surface area contributed by atoms with Gasteiger partial charge in [0.1, 0.15) is 0 Å². The minimum Gasteiger partial charge on any atom is -0.347 e. The van der Waals surface area contributed by atoms with E-state index in [-0.39, 0.29) is 0 Å². The molecule has 0 aliphatic heterocycles. The van der Waals surface area contributed by atoms with Crippen molar-refractivity contribution in [1.29, 1.82) is 0 Å². The lowest BCUT2D eigenvalue weighted by Crippen LogP contribution is -2.45. The molecule has 0 aromatic carbocycles. The van der Waals surface area contributed by atoms with E-state index in [0.717, 1.165) is 0 Å². The molecule has 0 bridgehead atoms. The second-order valence-electron chi connectivity index (χ2n) is 1.67. The van der Waals surface area contributed by atoms with E-state index < -0.39 is 18.5 Å². The Bertz CT molecular complexity index is 129. The maximum absolute atomic E-state index is 11.7. The summed E-state index contributed by atoms with van der Waals surface area (Å²) in [5.74, 6) is -5.44. The first kappa shape index (κ1) is 10.5. The van der Waals surface area contributed by atoms with Crippen molar-refractivity contribution in [3.05, 3.63) is 0 Å². The fourth-order valence-electron chi connectivity index (χ4n) is 0.277. The molecule has 0 heterocycles. The van der Waals surface area contributed by atoms with Crippen LogP contribution in [0.25, 0.3) is 0 Å². The Morgan fingerprint density at radius 2 is 1.45 bits per heavy atom. The molecule has 1 nitrogen and oxygen atoms in total. The Labute approximate surface area is 57.9 Å². The van der Waals surface area contributed by atoms with Crippen molar-refractivity contribution in [3.8, 4) is 0 Å². The van der Waals surface area contributed by atoms with E-state index in [1.54, 1.807) is 0 Å². The van der Waals surface area contributed by atoms with Gasteiger partial charge in [-0.2, -0.15) is 22.0 Å². The number of halogens is 6. The van der Waals surface area contributed by atoms with Crippen LogP contribution in [-0.4, -0.2) is 25.6 Å². The van der Waals surface area contributed by atoms with Crippen molar-refractivity contribution < 1.29 is 31.1 Å². The number of alkyl halides is 6. The van der Waals surface area contributed by atoms with Gasteiger partial charge in [0.15, 0.2) is 0 Å². The topological polar surface area (TPSA) is 9.23 Å². The van der Waals surface area contributed by atoms with Crippen LogP contribution in [0, 0.1) is 0 Å². The summed E-state index contributed by atoms with van der Waals surface area (Å²) in [6.45, 7) is 0. The number of rotatable bonds is 2. The lowest BCUT2D eigenvalue weighted by atomic mass is 10.3. The monoisotopic (exact) mass is 182 g/mol. The Balaban J connectivity index is 4.45. The van der Waals surface area contributed by atoms with E-state index in [4.69, 9.17) is 0 Å². The SMILES string of the molecule is COC(F)C(F)(F)C(F)(F)F. The molecule has 1 atom stereocenters. The van der Waals surface area contributed by atoms with E-state index in [0.29, 0.717) is 7.11 Å². The first-order valence-electron chi connectivity index (χ1n) is 2.35. The zero-order chi connectivity index (χ0) is 9.28. The van der Waals surface area contributed by atoms with Gasteiger partial charge in [-0.05, 0) is 0 Å². The zero-order valence-electron chi connectivity index (χ0n) is 5.25. The summed E-state index contributed by atoms with van der Waals surface area (Å²) in [6, 6.07) is 0. The third-order valence-corrected chi connectivity index (χ3v) is 0.870. The van der Waals surface area contributed by atoms with Gasteiger partial charge >= 0.3 is 12.1 Å². The summed E-state index contributed by atoms with van der Waals surface area (Å²) in [4.78, 5) is 0. The van der Waals surface area contributed by atoms with Crippen molar-refractivity contribution in [2.75, 3.05) is 7.11 Å². The number of hydrogen-bond donors (Lipinski definition) is 0. The van der Waals surface area contributed by atoms with Crippen molar-refractivity contribution >= 4 is 0 Å². The maximum Gasteiger partial charge on any atom is 0.459 e. The minimum atomic E-state index is -5.91. The average Bonchev–Trinajstić information content (AvgIpc) is 1.83. The van der Waals surface area contributed by atoms with Gasteiger partial charge in [0.25, 0.3) is 6.36 Å². The van der Waals surface area contributed by atoms with Crippen LogP contribution in [0.1, 0.15) is 0 Å². The number of ether oxygens (including phenoxy) is 1. The zero-order valence-corrected chi connectivity index (χ0v) is 5.25. The number of hydrogen-bond acceptors (Lipinski definition) is 1. The van der Waals surface area contributed by atoms with Crippen LogP contribution in [0.4, 0.5) is 26.3 Å². The fourth-order valence-corrected chi connectivity index (χ4v) is 0.277. The molecule has 0 N–H and O–H groups in total. The van der Waals surface area contributed by atoms with Crippen LogP contribution >= 0.6 is 0 Å². The molecule has 0 aliphatic carbocycles. The van der Waals surface area contributed by atoms with E-state index in [2.05, 4.69) is 4.74 Å². The second-order valence-corrected chi connectivity index (χ2v) is 1.67. The van der Waals surface area contributed by atoms with Crippen molar-refractivity contribution in [1.82, 2.24) is 0 Å². The lowest BCUT2D eigenvalue weighted by Gasteiger charge is -2.21. The Morgan fingerprint density at radius 1 is 1.09 bits per heavy atom. The van der Waals surface area contributed by atoms with E-state index in [1.165, 1.54) is 0 Å². The molecule has 0 aromatic heterocycles. The summed E-state index contributed by atoms with van der Waals surface area (Å²) >= 11 is 0. The van der Waals surface area contributed by atoms with Gasteiger partial charge < -0.3 is 4.74 Å². The maximum atomic E-state index is 11.7. The van der Waals surface area contributed by atoms with Crippen LogP contribution in [0.15, 0.2) is 0 Å². The molecular formula is C4H4F6O. The van der Waals surface area contributed by atoms with Gasteiger partial charge in [-0.15, -0.1) is 0 Å².